The number of amides is 1. The molecule has 1 saturated heterocycles. The van der Waals surface area contributed by atoms with Crippen LogP contribution < -0.4 is 0 Å². The van der Waals surface area contributed by atoms with Crippen LogP contribution in [0.3, 0.4) is 0 Å². The molecule has 0 aliphatic carbocycles. The Bertz CT molecular complexity index is 559. The smallest absolute Gasteiger partial charge is 0.257 e. The molecule has 1 heterocycles. The maximum atomic E-state index is 14.0. The predicted molar refractivity (Wildman–Crippen MR) is 74.7 cm³/mol. The van der Waals surface area contributed by atoms with Crippen LogP contribution in [0.25, 0.3) is 0 Å². The van der Waals surface area contributed by atoms with Gasteiger partial charge in [0.1, 0.15) is 5.82 Å². The lowest BCUT2D eigenvalue weighted by molar-refractivity contribution is 0.0742. The molecular formula is C16H18FNO2. The minimum atomic E-state index is -0.537. The summed E-state index contributed by atoms with van der Waals surface area (Å²) in [6.45, 7) is 2.66. The highest BCUT2D eigenvalue weighted by Gasteiger charge is 2.27. The van der Waals surface area contributed by atoms with Gasteiger partial charge in [0, 0.05) is 24.6 Å². The second kappa shape index (κ2) is 6.53. The van der Waals surface area contributed by atoms with E-state index >= 15 is 0 Å². The molecule has 1 N–H and O–H groups in total. The quantitative estimate of drug-likeness (QED) is 0.840. The summed E-state index contributed by atoms with van der Waals surface area (Å²) in [6.07, 6.45) is 2.30. The molecule has 1 aromatic rings. The molecule has 3 nitrogen and oxygen atoms in total. The lowest BCUT2D eigenvalue weighted by atomic mass is 10.1. The predicted octanol–water partition coefficient (Wildman–Crippen LogP) is 2.18. The summed E-state index contributed by atoms with van der Waals surface area (Å²) in [4.78, 5) is 14.0. The van der Waals surface area contributed by atoms with E-state index in [0.717, 1.165) is 12.8 Å². The molecule has 0 radical (unpaired) electrons. The molecule has 4 heteroatoms. The average Bonchev–Trinajstić information content (AvgIpc) is 2.85. The number of rotatable bonds is 2. The first-order valence-electron chi connectivity index (χ1n) is 6.83. The Balaban J connectivity index is 2.17. The van der Waals surface area contributed by atoms with Crippen LogP contribution in [-0.4, -0.2) is 35.1 Å². The van der Waals surface area contributed by atoms with Gasteiger partial charge in [-0.25, -0.2) is 4.39 Å². The van der Waals surface area contributed by atoms with Gasteiger partial charge >= 0.3 is 0 Å². The highest BCUT2D eigenvalue weighted by atomic mass is 19.1. The number of hydrogen-bond acceptors (Lipinski definition) is 2. The fraction of sp³-hybridized carbons (Fsp3) is 0.438. The maximum absolute atomic E-state index is 14.0. The van der Waals surface area contributed by atoms with Crippen molar-refractivity contribution in [2.45, 2.75) is 32.2 Å². The summed E-state index contributed by atoms with van der Waals surface area (Å²) in [5.41, 5.74) is 0.619. The second-order valence-corrected chi connectivity index (χ2v) is 4.96. The van der Waals surface area contributed by atoms with Gasteiger partial charge in [-0.1, -0.05) is 11.8 Å². The van der Waals surface area contributed by atoms with Crippen molar-refractivity contribution in [1.82, 2.24) is 4.90 Å². The zero-order valence-corrected chi connectivity index (χ0v) is 11.5. The van der Waals surface area contributed by atoms with Crippen molar-refractivity contribution in [2.75, 3.05) is 13.2 Å². The number of carbonyl (C=O) groups excluding carboxylic acids is 1. The van der Waals surface area contributed by atoms with Crippen LogP contribution in [0.5, 0.6) is 0 Å². The Hall–Kier alpha value is -1.86. The molecule has 1 aliphatic rings. The summed E-state index contributed by atoms with van der Waals surface area (Å²) in [5, 5.41) is 8.64. The van der Waals surface area contributed by atoms with E-state index in [1.165, 1.54) is 12.1 Å². The molecule has 1 unspecified atom stereocenters. The molecule has 1 fully saturated rings. The maximum Gasteiger partial charge on any atom is 0.257 e. The van der Waals surface area contributed by atoms with Crippen LogP contribution in [0.4, 0.5) is 4.39 Å². The number of halogens is 1. The SMILES string of the molecule is CC1CCCN1C(=O)c1ccc(C#CCCO)cc1F. The van der Waals surface area contributed by atoms with E-state index in [4.69, 9.17) is 5.11 Å². The minimum absolute atomic E-state index is 0.0150. The first-order chi connectivity index (χ1) is 9.63. The summed E-state index contributed by atoms with van der Waals surface area (Å²) in [6, 6.07) is 4.58. The van der Waals surface area contributed by atoms with Crippen LogP contribution in [0, 0.1) is 17.7 Å². The number of hydrogen-bond donors (Lipinski definition) is 1. The zero-order valence-electron chi connectivity index (χ0n) is 11.5. The van der Waals surface area contributed by atoms with E-state index in [2.05, 4.69) is 11.8 Å². The number of likely N-dealkylation sites (tertiary alicyclic amines) is 1. The van der Waals surface area contributed by atoms with Gasteiger partial charge in [0.05, 0.1) is 12.2 Å². The molecule has 0 spiro atoms. The molecule has 0 saturated carbocycles. The Morgan fingerprint density at radius 2 is 2.35 bits per heavy atom. The van der Waals surface area contributed by atoms with Gasteiger partial charge in [-0.05, 0) is 38.0 Å². The fourth-order valence-corrected chi connectivity index (χ4v) is 2.38. The molecule has 1 aliphatic heterocycles. The number of nitrogens with zero attached hydrogens (tertiary/aromatic N) is 1. The van der Waals surface area contributed by atoms with Gasteiger partial charge < -0.3 is 10.0 Å². The van der Waals surface area contributed by atoms with Gasteiger partial charge in [0.2, 0.25) is 0 Å². The standard InChI is InChI=1S/C16H18FNO2/c1-12-5-4-9-18(12)16(20)14-8-7-13(11-15(14)17)6-2-3-10-19/h7-8,11-12,19H,3-5,9-10H2,1H3. The zero-order chi connectivity index (χ0) is 14.5. The number of carbonyl (C=O) groups is 1. The summed E-state index contributed by atoms with van der Waals surface area (Å²) in [7, 11) is 0. The third kappa shape index (κ3) is 3.17. The Morgan fingerprint density at radius 3 is 2.95 bits per heavy atom. The van der Waals surface area contributed by atoms with Gasteiger partial charge in [-0.2, -0.15) is 0 Å². The number of aliphatic hydroxyl groups is 1. The van der Waals surface area contributed by atoms with Gasteiger partial charge in [0.25, 0.3) is 5.91 Å². The van der Waals surface area contributed by atoms with Crippen molar-refractivity contribution in [2.24, 2.45) is 0 Å². The third-order valence-corrected chi connectivity index (χ3v) is 3.48. The monoisotopic (exact) mass is 275 g/mol. The first kappa shape index (κ1) is 14.5. The highest BCUT2D eigenvalue weighted by molar-refractivity contribution is 5.95. The van der Waals surface area contributed by atoms with Gasteiger partial charge in [0.15, 0.2) is 0 Å². The topological polar surface area (TPSA) is 40.5 Å². The molecule has 20 heavy (non-hydrogen) atoms. The van der Waals surface area contributed by atoms with Crippen molar-refractivity contribution < 1.29 is 14.3 Å². The Morgan fingerprint density at radius 1 is 1.55 bits per heavy atom. The first-order valence-corrected chi connectivity index (χ1v) is 6.83. The van der Waals surface area contributed by atoms with Crippen LogP contribution >= 0.6 is 0 Å². The van der Waals surface area contributed by atoms with Crippen molar-refractivity contribution in [3.05, 3.63) is 35.1 Å². The molecular weight excluding hydrogens is 257 g/mol. The number of aliphatic hydroxyl groups excluding tert-OH is 1. The minimum Gasteiger partial charge on any atom is -0.395 e. The highest BCUT2D eigenvalue weighted by Crippen LogP contribution is 2.21. The molecule has 0 aromatic heterocycles. The van der Waals surface area contributed by atoms with Crippen molar-refractivity contribution >= 4 is 5.91 Å². The largest absolute Gasteiger partial charge is 0.395 e. The van der Waals surface area contributed by atoms with Crippen LogP contribution in [0.1, 0.15) is 42.1 Å². The van der Waals surface area contributed by atoms with E-state index in [1.807, 2.05) is 6.92 Å². The average molecular weight is 275 g/mol. The molecule has 0 bridgehead atoms. The molecule has 106 valence electrons. The van der Waals surface area contributed by atoms with Gasteiger partial charge in [-0.3, -0.25) is 4.79 Å². The van der Waals surface area contributed by atoms with Crippen LogP contribution in [0.2, 0.25) is 0 Å². The molecule has 1 aromatic carbocycles. The summed E-state index contributed by atoms with van der Waals surface area (Å²) in [5.74, 6) is 4.70. The van der Waals surface area contributed by atoms with E-state index in [0.29, 0.717) is 18.5 Å². The summed E-state index contributed by atoms with van der Waals surface area (Å²) < 4.78 is 14.0. The Kier molecular flexibility index (Phi) is 4.75. The third-order valence-electron chi connectivity index (χ3n) is 3.48. The fourth-order valence-electron chi connectivity index (χ4n) is 2.38. The van der Waals surface area contributed by atoms with Crippen molar-refractivity contribution in [1.29, 1.82) is 0 Å². The normalized spacial score (nSPS) is 17.8. The summed E-state index contributed by atoms with van der Waals surface area (Å²) >= 11 is 0. The van der Waals surface area contributed by atoms with E-state index in [1.54, 1.807) is 11.0 Å². The van der Waals surface area contributed by atoms with E-state index < -0.39 is 5.82 Å². The molecule has 2 rings (SSSR count). The lowest BCUT2D eigenvalue weighted by Gasteiger charge is -2.21. The molecule has 1 atom stereocenters. The Labute approximate surface area is 118 Å². The van der Waals surface area contributed by atoms with Crippen molar-refractivity contribution in [3.8, 4) is 11.8 Å². The van der Waals surface area contributed by atoms with E-state index in [9.17, 15) is 9.18 Å². The van der Waals surface area contributed by atoms with Crippen molar-refractivity contribution in [3.63, 3.8) is 0 Å². The second-order valence-electron chi connectivity index (χ2n) is 4.96. The van der Waals surface area contributed by atoms with E-state index in [-0.39, 0.29) is 24.1 Å². The number of benzene rings is 1. The van der Waals surface area contributed by atoms with Crippen LogP contribution in [-0.2, 0) is 0 Å². The van der Waals surface area contributed by atoms with Crippen LogP contribution in [0.15, 0.2) is 18.2 Å². The molecule has 1 amide bonds. The van der Waals surface area contributed by atoms with Gasteiger partial charge in [-0.15, -0.1) is 0 Å². The lowest BCUT2D eigenvalue weighted by Crippen LogP contribution is -2.34.